The first-order chi connectivity index (χ1) is 14.1. The molecule has 1 aromatic carbocycles. The number of rotatable bonds is 5. The maximum Gasteiger partial charge on any atom is 0.261 e. The first-order valence-electron chi connectivity index (χ1n) is 10.5. The van der Waals surface area contributed by atoms with Crippen molar-refractivity contribution in [3.63, 3.8) is 0 Å². The summed E-state index contributed by atoms with van der Waals surface area (Å²) in [5, 5.41) is 0.702. The van der Waals surface area contributed by atoms with E-state index in [0.29, 0.717) is 17.8 Å². The summed E-state index contributed by atoms with van der Waals surface area (Å²) in [5.41, 5.74) is 1.88. The summed E-state index contributed by atoms with van der Waals surface area (Å²) in [7, 11) is 1.76. The van der Waals surface area contributed by atoms with Crippen LogP contribution in [0, 0.1) is 5.92 Å². The van der Waals surface area contributed by atoms with Crippen LogP contribution in [0.1, 0.15) is 43.1 Å². The molecule has 6 heteroatoms. The van der Waals surface area contributed by atoms with Gasteiger partial charge in [0, 0.05) is 32.4 Å². The number of hydrogen-bond acceptors (Lipinski definition) is 4. The number of nitrogens with zero attached hydrogens (tertiary/aromatic N) is 4. The van der Waals surface area contributed by atoms with Gasteiger partial charge in [-0.3, -0.25) is 19.1 Å². The minimum absolute atomic E-state index is 0.00715. The fourth-order valence-electron chi connectivity index (χ4n) is 4.40. The number of fused-ring (bicyclic) bond motifs is 1. The van der Waals surface area contributed by atoms with E-state index in [1.807, 2.05) is 41.1 Å². The summed E-state index contributed by atoms with van der Waals surface area (Å²) >= 11 is 0. The first kappa shape index (κ1) is 18.3. The van der Waals surface area contributed by atoms with Gasteiger partial charge in [0.2, 0.25) is 0 Å². The molecule has 2 fully saturated rings. The Morgan fingerprint density at radius 1 is 1.10 bits per heavy atom. The molecule has 1 aliphatic heterocycles. The predicted molar refractivity (Wildman–Crippen MR) is 113 cm³/mol. The van der Waals surface area contributed by atoms with Crippen molar-refractivity contribution in [2.45, 2.75) is 44.8 Å². The highest BCUT2D eigenvalue weighted by atomic mass is 16.1. The van der Waals surface area contributed by atoms with Crippen LogP contribution in [0.5, 0.6) is 0 Å². The molecule has 29 heavy (non-hydrogen) atoms. The Kier molecular flexibility index (Phi) is 4.59. The average molecular weight is 390 g/mol. The molecular formula is C23H26N4O2. The topological polar surface area (TPSA) is 60.1 Å². The number of benzene rings is 1. The van der Waals surface area contributed by atoms with Gasteiger partial charge < -0.3 is 4.57 Å². The summed E-state index contributed by atoms with van der Waals surface area (Å²) < 4.78 is 3.52. The Balaban J connectivity index is 1.54. The second kappa shape index (κ2) is 7.26. The molecule has 1 saturated carbocycles. The number of aromatic nitrogens is 3. The lowest BCUT2D eigenvalue weighted by molar-refractivity contribution is 0.232. The molecule has 5 rings (SSSR count). The van der Waals surface area contributed by atoms with Crippen LogP contribution in [0.25, 0.3) is 10.9 Å². The van der Waals surface area contributed by atoms with Crippen LogP contribution in [0.4, 0.5) is 0 Å². The molecule has 6 nitrogen and oxygen atoms in total. The number of hydrogen-bond donors (Lipinski definition) is 0. The molecule has 0 amide bonds. The third kappa shape index (κ3) is 3.53. The highest BCUT2D eigenvalue weighted by Crippen LogP contribution is 2.35. The summed E-state index contributed by atoms with van der Waals surface area (Å²) in [6.07, 6.45) is 6.27. The van der Waals surface area contributed by atoms with Crippen LogP contribution >= 0.6 is 0 Å². The van der Waals surface area contributed by atoms with Crippen LogP contribution in [-0.2, 0) is 20.1 Å². The fraction of sp³-hybridized carbons (Fsp3) is 0.435. The molecule has 2 aromatic heterocycles. The van der Waals surface area contributed by atoms with Crippen LogP contribution in [-0.4, -0.2) is 25.6 Å². The second-order valence-corrected chi connectivity index (χ2v) is 8.46. The largest absolute Gasteiger partial charge is 0.319 e. The van der Waals surface area contributed by atoms with E-state index in [-0.39, 0.29) is 17.2 Å². The van der Waals surface area contributed by atoms with Crippen LogP contribution in [0.15, 0.2) is 52.2 Å². The highest BCUT2D eigenvalue weighted by molar-refractivity contribution is 5.77. The molecule has 2 aliphatic rings. The highest BCUT2D eigenvalue weighted by Gasteiger charge is 2.32. The minimum atomic E-state index is 0.00715. The van der Waals surface area contributed by atoms with Gasteiger partial charge in [0.05, 0.1) is 16.9 Å². The molecule has 0 bridgehead atoms. The van der Waals surface area contributed by atoms with Crippen molar-refractivity contribution in [1.29, 1.82) is 0 Å². The molecule has 1 atom stereocenters. The van der Waals surface area contributed by atoms with Gasteiger partial charge in [-0.2, -0.15) is 0 Å². The van der Waals surface area contributed by atoms with E-state index < -0.39 is 0 Å². The van der Waals surface area contributed by atoms with E-state index in [1.165, 1.54) is 12.8 Å². The van der Waals surface area contributed by atoms with Crippen LogP contribution in [0.2, 0.25) is 0 Å². The zero-order valence-corrected chi connectivity index (χ0v) is 16.8. The van der Waals surface area contributed by atoms with Crippen molar-refractivity contribution >= 4 is 10.9 Å². The Bertz CT molecular complexity index is 1180. The lowest BCUT2D eigenvalue weighted by Crippen LogP contribution is -2.33. The van der Waals surface area contributed by atoms with E-state index in [9.17, 15) is 9.59 Å². The molecule has 3 heterocycles. The van der Waals surface area contributed by atoms with Gasteiger partial charge in [0.25, 0.3) is 11.1 Å². The van der Waals surface area contributed by atoms with Crippen molar-refractivity contribution in [3.8, 4) is 0 Å². The van der Waals surface area contributed by atoms with Crippen molar-refractivity contribution < 1.29 is 0 Å². The minimum Gasteiger partial charge on any atom is -0.319 e. The summed E-state index contributed by atoms with van der Waals surface area (Å²) in [6, 6.07) is 11.5. The lowest BCUT2D eigenvalue weighted by atomic mass is 10.1. The third-order valence-corrected chi connectivity index (χ3v) is 6.24. The maximum absolute atomic E-state index is 13.3. The molecule has 1 unspecified atom stereocenters. The molecule has 1 saturated heterocycles. The zero-order chi connectivity index (χ0) is 20.0. The smallest absolute Gasteiger partial charge is 0.261 e. The molecule has 0 spiro atoms. The van der Waals surface area contributed by atoms with Crippen LogP contribution in [0.3, 0.4) is 0 Å². The van der Waals surface area contributed by atoms with Crippen molar-refractivity contribution in [2.24, 2.45) is 13.0 Å². The van der Waals surface area contributed by atoms with Gasteiger partial charge in [0.1, 0.15) is 5.82 Å². The number of aryl methyl sites for hydroxylation is 1. The number of pyridine rings is 1. The predicted octanol–water partition coefficient (Wildman–Crippen LogP) is 2.84. The first-order valence-corrected chi connectivity index (χ1v) is 10.5. The Morgan fingerprint density at radius 3 is 2.72 bits per heavy atom. The van der Waals surface area contributed by atoms with Crippen molar-refractivity contribution in [2.75, 3.05) is 6.54 Å². The zero-order valence-electron chi connectivity index (χ0n) is 16.8. The lowest BCUT2D eigenvalue weighted by Gasteiger charge is -2.26. The monoisotopic (exact) mass is 390 g/mol. The van der Waals surface area contributed by atoms with Gasteiger partial charge in [0.15, 0.2) is 0 Å². The normalized spacial score (nSPS) is 19.8. The van der Waals surface area contributed by atoms with Gasteiger partial charge in [-0.1, -0.05) is 12.1 Å². The quantitative estimate of drug-likeness (QED) is 0.672. The SMILES string of the molecule is Cn1ccc(CN2CCCC2c2nc3ccccc3c(=O)n2CC2CC2)cc1=O. The summed E-state index contributed by atoms with van der Waals surface area (Å²) in [4.78, 5) is 32.6. The summed E-state index contributed by atoms with van der Waals surface area (Å²) in [5.74, 6) is 1.49. The Hall–Kier alpha value is -2.73. The average Bonchev–Trinajstić information content (AvgIpc) is 3.43. The van der Waals surface area contributed by atoms with Gasteiger partial charge >= 0.3 is 0 Å². The van der Waals surface area contributed by atoms with E-state index in [0.717, 1.165) is 42.8 Å². The third-order valence-electron chi connectivity index (χ3n) is 6.24. The Labute approximate surface area is 169 Å². The molecule has 0 radical (unpaired) electrons. The molecule has 150 valence electrons. The van der Waals surface area contributed by atoms with Crippen molar-refractivity contribution in [3.05, 3.63) is 74.7 Å². The molecule has 1 aliphatic carbocycles. The number of para-hydroxylation sites is 1. The Morgan fingerprint density at radius 2 is 1.93 bits per heavy atom. The van der Waals surface area contributed by atoms with Crippen molar-refractivity contribution in [1.82, 2.24) is 19.0 Å². The maximum atomic E-state index is 13.3. The molecular weight excluding hydrogens is 364 g/mol. The number of likely N-dealkylation sites (tertiary alicyclic amines) is 1. The molecule has 0 N–H and O–H groups in total. The van der Waals surface area contributed by atoms with Gasteiger partial charge in [-0.05, 0) is 61.9 Å². The van der Waals surface area contributed by atoms with E-state index in [4.69, 9.17) is 4.98 Å². The summed E-state index contributed by atoms with van der Waals surface area (Å²) in [6.45, 7) is 2.42. The van der Waals surface area contributed by atoms with E-state index >= 15 is 0 Å². The van der Waals surface area contributed by atoms with Crippen LogP contribution < -0.4 is 11.1 Å². The fourth-order valence-corrected chi connectivity index (χ4v) is 4.40. The van der Waals surface area contributed by atoms with Gasteiger partial charge in [-0.25, -0.2) is 4.98 Å². The van der Waals surface area contributed by atoms with E-state index in [1.54, 1.807) is 17.7 Å². The molecule has 3 aromatic rings. The van der Waals surface area contributed by atoms with Gasteiger partial charge in [-0.15, -0.1) is 0 Å². The van der Waals surface area contributed by atoms with E-state index in [2.05, 4.69) is 4.90 Å². The standard InChI is InChI=1S/C23H26N4O2/c1-25-12-10-17(13-21(25)28)14-26-11-4-7-20(26)22-24-19-6-3-2-5-18(19)23(29)27(22)15-16-8-9-16/h2-3,5-6,10,12-13,16,20H,4,7-9,11,14-15H2,1H3. The second-order valence-electron chi connectivity index (χ2n) is 8.46.